The summed E-state index contributed by atoms with van der Waals surface area (Å²) in [6, 6.07) is 0. The molecule has 0 spiro atoms. The third-order valence-electron chi connectivity index (χ3n) is 4.25. The SMILES string of the molecule is C[C-]=C(C)C(C)=C(C)C(C)Cl.C[C-]=C(C)C(C)=C(C)C(C)Cl.[Cr+2]. The molecular formula is C20H32Cl2Cr. The topological polar surface area (TPSA) is 0 Å². The Morgan fingerprint density at radius 3 is 1.00 bits per heavy atom. The molecule has 0 N–H and O–H groups in total. The molecule has 0 aromatic heterocycles. The Morgan fingerprint density at radius 2 is 0.870 bits per heavy atom. The van der Waals surface area contributed by atoms with Gasteiger partial charge in [0.1, 0.15) is 0 Å². The molecule has 0 saturated heterocycles. The Bertz CT molecular complexity index is 420. The Labute approximate surface area is 165 Å². The van der Waals surface area contributed by atoms with Crippen LogP contribution >= 0.6 is 23.2 Å². The summed E-state index contributed by atoms with van der Waals surface area (Å²) in [4.78, 5) is 0. The zero-order valence-electron chi connectivity index (χ0n) is 16.3. The second-order valence-corrected chi connectivity index (χ2v) is 6.91. The molecule has 0 heterocycles. The predicted octanol–water partition coefficient (Wildman–Crippen LogP) is 7.44. The first-order valence-electron chi connectivity index (χ1n) is 7.67. The maximum Gasteiger partial charge on any atom is 2.00 e. The van der Waals surface area contributed by atoms with Crippen molar-refractivity contribution in [1.82, 2.24) is 0 Å². The van der Waals surface area contributed by atoms with E-state index in [9.17, 15) is 0 Å². The first kappa shape index (κ1) is 27.9. The molecule has 0 nitrogen and oxygen atoms in total. The third kappa shape index (κ3) is 11.3. The van der Waals surface area contributed by atoms with Crippen LogP contribution in [0.25, 0.3) is 0 Å². The second kappa shape index (κ2) is 14.4. The van der Waals surface area contributed by atoms with Crippen LogP contribution in [0.3, 0.4) is 0 Å². The number of alkyl halides is 2. The van der Waals surface area contributed by atoms with Gasteiger partial charge >= 0.3 is 17.4 Å². The smallest absolute Gasteiger partial charge is 0.275 e. The molecule has 0 aromatic rings. The summed E-state index contributed by atoms with van der Waals surface area (Å²) in [5.74, 6) is 0. The molecule has 0 amide bonds. The van der Waals surface area contributed by atoms with Gasteiger partial charge in [-0.25, -0.2) is 11.1 Å². The first-order valence-corrected chi connectivity index (χ1v) is 8.54. The normalized spacial score (nSPS) is 17.0. The van der Waals surface area contributed by atoms with Crippen LogP contribution in [0.4, 0.5) is 0 Å². The Kier molecular flexibility index (Phi) is 17.5. The summed E-state index contributed by atoms with van der Waals surface area (Å²) in [5.41, 5.74) is 7.37. The van der Waals surface area contributed by atoms with Gasteiger partial charge in [-0.2, -0.15) is 11.1 Å². The van der Waals surface area contributed by atoms with Gasteiger partial charge in [0.15, 0.2) is 0 Å². The van der Waals surface area contributed by atoms with Gasteiger partial charge in [-0.15, -0.1) is 62.0 Å². The second-order valence-electron chi connectivity index (χ2n) is 5.60. The fourth-order valence-electron chi connectivity index (χ4n) is 1.56. The number of hydrogen-bond acceptors (Lipinski definition) is 0. The molecule has 0 saturated carbocycles. The molecule has 132 valence electrons. The molecule has 0 aromatic carbocycles. The summed E-state index contributed by atoms with van der Waals surface area (Å²) < 4.78 is 0. The maximum atomic E-state index is 5.93. The van der Waals surface area contributed by atoms with Crippen molar-refractivity contribution in [3.8, 4) is 0 Å². The van der Waals surface area contributed by atoms with Crippen LogP contribution in [0, 0.1) is 12.2 Å². The summed E-state index contributed by atoms with van der Waals surface area (Å²) in [6.45, 7) is 20.2. The minimum atomic E-state index is 0. The minimum absolute atomic E-state index is 0. The van der Waals surface area contributed by atoms with E-state index in [0.29, 0.717) is 0 Å². The van der Waals surface area contributed by atoms with Crippen LogP contribution in [-0.2, 0) is 17.4 Å². The number of hydrogen-bond donors (Lipinski definition) is 0. The molecular weight excluding hydrogens is 363 g/mol. The van der Waals surface area contributed by atoms with Crippen molar-refractivity contribution in [3.05, 3.63) is 45.6 Å². The van der Waals surface area contributed by atoms with Gasteiger partial charge in [-0.1, -0.05) is 27.7 Å². The monoisotopic (exact) mass is 394 g/mol. The molecule has 2 atom stereocenters. The van der Waals surface area contributed by atoms with E-state index < -0.39 is 0 Å². The van der Waals surface area contributed by atoms with Gasteiger partial charge in [-0.05, 0) is 13.8 Å². The van der Waals surface area contributed by atoms with Gasteiger partial charge in [0, 0.05) is 10.8 Å². The van der Waals surface area contributed by atoms with E-state index in [-0.39, 0.29) is 28.1 Å². The molecule has 0 fully saturated rings. The van der Waals surface area contributed by atoms with Crippen molar-refractivity contribution in [2.75, 3.05) is 0 Å². The summed E-state index contributed by atoms with van der Waals surface area (Å²) in [7, 11) is 0. The average Bonchev–Trinajstić information content (AvgIpc) is 2.50. The van der Waals surface area contributed by atoms with E-state index in [2.05, 4.69) is 53.7 Å². The van der Waals surface area contributed by atoms with E-state index in [1.807, 2.05) is 27.7 Å². The predicted molar refractivity (Wildman–Crippen MR) is 104 cm³/mol. The first-order chi connectivity index (χ1) is 10.0. The van der Waals surface area contributed by atoms with E-state index >= 15 is 0 Å². The zero-order valence-corrected chi connectivity index (χ0v) is 19.1. The van der Waals surface area contributed by atoms with Crippen molar-refractivity contribution in [3.63, 3.8) is 0 Å². The fraction of sp³-hybridized carbons (Fsp3) is 0.600. The van der Waals surface area contributed by atoms with Crippen molar-refractivity contribution in [2.45, 2.75) is 80.0 Å². The molecule has 0 aliphatic carbocycles. The fourth-order valence-corrected chi connectivity index (χ4v) is 1.89. The van der Waals surface area contributed by atoms with Gasteiger partial charge < -0.3 is 0 Å². The Hall–Kier alpha value is 0.0725. The van der Waals surface area contributed by atoms with Crippen molar-refractivity contribution < 1.29 is 17.4 Å². The Morgan fingerprint density at radius 1 is 0.652 bits per heavy atom. The molecule has 0 aliphatic rings. The maximum absolute atomic E-state index is 5.93. The van der Waals surface area contributed by atoms with Crippen LogP contribution in [-0.4, -0.2) is 10.8 Å². The van der Waals surface area contributed by atoms with Crippen LogP contribution in [0.1, 0.15) is 69.2 Å². The standard InChI is InChI=1S/2C10H16Cl.Cr/c2*1-6-7(2)8(3)9(4)10(5)11;/h2*10H,1-5H3;/q2*-1;+2. The molecule has 23 heavy (non-hydrogen) atoms. The molecule has 0 bridgehead atoms. The average molecular weight is 395 g/mol. The molecule has 0 radical (unpaired) electrons. The van der Waals surface area contributed by atoms with Crippen molar-refractivity contribution in [1.29, 1.82) is 0 Å². The molecule has 0 aliphatic heterocycles. The van der Waals surface area contributed by atoms with E-state index in [1.54, 1.807) is 0 Å². The minimum Gasteiger partial charge on any atom is -0.275 e. The molecule has 0 rings (SSSR count). The van der Waals surface area contributed by atoms with Gasteiger partial charge in [-0.3, -0.25) is 12.2 Å². The quantitative estimate of drug-likeness (QED) is 0.264. The van der Waals surface area contributed by atoms with Crippen LogP contribution in [0.5, 0.6) is 0 Å². The summed E-state index contributed by atoms with van der Waals surface area (Å²) in [6.07, 6.45) is 6.20. The van der Waals surface area contributed by atoms with Crippen molar-refractivity contribution in [2.24, 2.45) is 0 Å². The van der Waals surface area contributed by atoms with Crippen LogP contribution < -0.4 is 0 Å². The molecule has 3 heteroatoms. The zero-order chi connectivity index (χ0) is 18.0. The van der Waals surface area contributed by atoms with E-state index in [4.69, 9.17) is 23.2 Å². The van der Waals surface area contributed by atoms with E-state index in [1.165, 1.54) is 33.4 Å². The van der Waals surface area contributed by atoms with Crippen LogP contribution in [0.2, 0.25) is 0 Å². The van der Waals surface area contributed by atoms with Gasteiger partial charge in [0.25, 0.3) is 0 Å². The summed E-state index contributed by atoms with van der Waals surface area (Å²) in [5, 5.41) is 0.247. The van der Waals surface area contributed by atoms with Crippen LogP contribution in [0.15, 0.2) is 33.4 Å². The van der Waals surface area contributed by atoms with E-state index in [0.717, 1.165) is 0 Å². The third-order valence-corrected chi connectivity index (χ3v) is 4.91. The largest absolute Gasteiger partial charge is 2.00 e. The Balaban J connectivity index is -0.000000333. The van der Waals surface area contributed by atoms with Gasteiger partial charge in [0.05, 0.1) is 0 Å². The summed E-state index contributed by atoms with van der Waals surface area (Å²) >= 11 is 11.9. The van der Waals surface area contributed by atoms with Gasteiger partial charge in [0.2, 0.25) is 0 Å². The number of rotatable bonds is 4. The number of allylic oxidation sites excluding steroid dienone is 8. The van der Waals surface area contributed by atoms with Crippen molar-refractivity contribution >= 4 is 23.2 Å². The molecule has 2 unspecified atom stereocenters. The number of halogens is 2.